The summed E-state index contributed by atoms with van der Waals surface area (Å²) in [5.41, 5.74) is 0. The molecule has 1 heterocycles. The minimum atomic E-state index is -0.350. The second kappa shape index (κ2) is 3.15. The average Bonchev–Trinajstić information content (AvgIpc) is 2.18. The lowest BCUT2D eigenvalue weighted by atomic mass is 10.1. The quantitative estimate of drug-likeness (QED) is 0.533. The highest BCUT2D eigenvalue weighted by Gasteiger charge is 2.24. The molecule has 1 aliphatic rings. The summed E-state index contributed by atoms with van der Waals surface area (Å²) in [6.45, 7) is 0.730. The molecule has 0 aromatic heterocycles. The number of rotatable bonds is 2. The monoisotopic (exact) mass is 132 g/mol. The van der Waals surface area contributed by atoms with Crippen molar-refractivity contribution in [3.8, 4) is 0 Å². The van der Waals surface area contributed by atoms with E-state index in [0.717, 1.165) is 0 Å². The number of aliphatic hydroxyl groups is 2. The van der Waals surface area contributed by atoms with E-state index in [1.807, 2.05) is 0 Å². The predicted octanol–water partition coefficient (Wildman–Crippen LogP) is -0.481. The van der Waals surface area contributed by atoms with Gasteiger partial charge in [-0.15, -0.1) is 0 Å². The first-order valence-electron chi connectivity index (χ1n) is 3.25. The van der Waals surface area contributed by atoms with Gasteiger partial charge in [-0.1, -0.05) is 0 Å². The van der Waals surface area contributed by atoms with Gasteiger partial charge in [0.15, 0.2) is 0 Å². The molecule has 0 amide bonds. The summed E-state index contributed by atoms with van der Waals surface area (Å²) >= 11 is 0. The molecule has 0 bridgehead atoms. The first kappa shape index (κ1) is 6.99. The minimum Gasteiger partial charge on any atom is -0.396 e. The Kier molecular flexibility index (Phi) is 2.45. The van der Waals surface area contributed by atoms with Crippen molar-refractivity contribution in [2.24, 2.45) is 0 Å². The third-order valence-corrected chi connectivity index (χ3v) is 1.59. The van der Waals surface area contributed by atoms with Crippen molar-refractivity contribution in [2.75, 3.05) is 13.2 Å². The van der Waals surface area contributed by atoms with Gasteiger partial charge in [-0.3, -0.25) is 0 Å². The van der Waals surface area contributed by atoms with Gasteiger partial charge >= 0.3 is 0 Å². The van der Waals surface area contributed by atoms with E-state index in [4.69, 9.17) is 14.9 Å². The molecule has 9 heavy (non-hydrogen) atoms. The Morgan fingerprint density at radius 3 is 2.78 bits per heavy atom. The molecule has 1 saturated heterocycles. The van der Waals surface area contributed by atoms with E-state index in [0.29, 0.717) is 19.4 Å². The summed E-state index contributed by atoms with van der Waals surface area (Å²) in [5.74, 6) is 0. The van der Waals surface area contributed by atoms with Crippen molar-refractivity contribution >= 4 is 0 Å². The molecule has 2 N–H and O–H groups in total. The molecule has 0 unspecified atom stereocenters. The molecule has 1 fully saturated rings. The number of ether oxygens (including phenoxy) is 1. The maximum Gasteiger partial charge on any atom is 0.0856 e. The van der Waals surface area contributed by atoms with Crippen molar-refractivity contribution in [1.29, 1.82) is 0 Å². The Labute approximate surface area is 54.3 Å². The Hall–Kier alpha value is -0.120. The van der Waals surface area contributed by atoms with Crippen LogP contribution in [-0.2, 0) is 4.74 Å². The maximum absolute atomic E-state index is 9.08. The first-order chi connectivity index (χ1) is 4.34. The summed E-state index contributed by atoms with van der Waals surface area (Å²) in [6, 6.07) is 0. The van der Waals surface area contributed by atoms with Crippen molar-refractivity contribution in [3.63, 3.8) is 0 Å². The van der Waals surface area contributed by atoms with Crippen LogP contribution in [0.15, 0.2) is 0 Å². The Morgan fingerprint density at radius 1 is 1.56 bits per heavy atom. The van der Waals surface area contributed by atoms with Crippen LogP contribution < -0.4 is 0 Å². The number of hydrogen-bond acceptors (Lipinski definition) is 3. The van der Waals surface area contributed by atoms with Gasteiger partial charge in [-0.2, -0.15) is 0 Å². The smallest absolute Gasteiger partial charge is 0.0856 e. The van der Waals surface area contributed by atoms with Gasteiger partial charge in [0.05, 0.1) is 12.2 Å². The van der Waals surface area contributed by atoms with Gasteiger partial charge in [-0.25, -0.2) is 0 Å². The van der Waals surface area contributed by atoms with Crippen LogP contribution in [0.5, 0.6) is 0 Å². The molecule has 1 rings (SSSR count). The van der Waals surface area contributed by atoms with Crippen LogP contribution in [0.4, 0.5) is 0 Å². The molecule has 2 atom stereocenters. The fourth-order valence-corrected chi connectivity index (χ4v) is 1.04. The highest BCUT2D eigenvalue weighted by molar-refractivity contribution is 4.74. The number of hydrogen-bond donors (Lipinski definition) is 2. The van der Waals surface area contributed by atoms with Crippen LogP contribution >= 0.6 is 0 Å². The Balaban J connectivity index is 2.22. The molecule has 0 aromatic carbocycles. The topological polar surface area (TPSA) is 49.7 Å². The predicted molar refractivity (Wildman–Crippen MR) is 32.1 cm³/mol. The fraction of sp³-hybridized carbons (Fsp3) is 1.00. The van der Waals surface area contributed by atoms with Gasteiger partial charge in [-0.05, 0) is 12.8 Å². The lowest BCUT2D eigenvalue weighted by molar-refractivity contribution is 0.0257. The molecule has 0 aromatic rings. The van der Waals surface area contributed by atoms with E-state index in [-0.39, 0.29) is 18.8 Å². The average molecular weight is 132 g/mol. The van der Waals surface area contributed by atoms with Gasteiger partial charge in [0.2, 0.25) is 0 Å². The van der Waals surface area contributed by atoms with Crippen LogP contribution in [0.1, 0.15) is 12.8 Å². The van der Waals surface area contributed by atoms with Crippen LogP contribution in [0, 0.1) is 0 Å². The summed E-state index contributed by atoms with van der Waals surface area (Å²) in [5, 5.41) is 17.5. The normalized spacial score (nSPS) is 35.3. The molecule has 3 nitrogen and oxygen atoms in total. The van der Waals surface area contributed by atoms with E-state index >= 15 is 0 Å². The molecule has 0 saturated carbocycles. The van der Waals surface area contributed by atoms with E-state index in [1.165, 1.54) is 0 Å². The van der Waals surface area contributed by atoms with E-state index in [9.17, 15) is 0 Å². The summed E-state index contributed by atoms with van der Waals surface area (Å²) in [4.78, 5) is 0. The fourth-order valence-electron chi connectivity index (χ4n) is 1.04. The van der Waals surface area contributed by atoms with Crippen LogP contribution in [0.3, 0.4) is 0 Å². The summed E-state index contributed by atoms with van der Waals surface area (Å²) in [6.07, 6.45) is 0.804. The van der Waals surface area contributed by atoms with Gasteiger partial charge in [0.25, 0.3) is 0 Å². The molecule has 0 spiro atoms. The standard InChI is InChI=1S/C6H12O3/c7-3-1-6-5(8)2-4-9-6/h5-8H,1-4H2/t5-,6+/m1/s1. The molecular formula is C6H12O3. The highest BCUT2D eigenvalue weighted by atomic mass is 16.5. The zero-order chi connectivity index (χ0) is 6.69. The molecule has 1 aliphatic heterocycles. The van der Waals surface area contributed by atoms with E-state index < -0.39 is 0 Å². The van der Waals surface area contributed by atoms with Crippen molar-refractivity contribution < 1.29 is 14.9 Å². The highest BCUT2D eigenvalue weighted by Crippen LogP contribution is 2.15. The molecule has 0 aliphatic carbocycles. The van der Waals surface area contributed by atoms with Crippen LogP contribution in [0.2, 0.25) is 0 Å². The summed E-state index contributed by atoms with van der Waals surface area (Å²) < 4.78 is 5.10. The zero-order valence-electron chi connectivity index (χ0n) is 5.29. The maximum atomic E-state index is 9.08. The van der Waals surface area contributed by atoms with Crippen molar-refractivity contribution in [2.45, 2.75) is 25.0 Å². The Morgan fingerprint density at radius 2 is 2.33 bits per heavy atom. The molecule has 3 heteroatoms. The molecule has 54 valence electrons. The second-order valence-corrected chi connectivity index (χ2v) is 2.28. The molecule has 0 radical (unpaired) electrons. The van der Waals surface area contributed by atoms with E-state index in [1.54, 1.807) is 0 Å². The van der Waals surface area contributed by atoms with Gasteiger partial charge in [0, 0.05) is 13.2 Å². The van der Waals surface area contributed by atoms with Gasteiger partial charge in [0.1, 0.15) is 0 Å². The van der Waals surface area contributed by atoms with Crippen molar-refractivity contribution in [3.05, 3.63) is 0 Å². The third-order valence-electron chi connectivity index (χ3n) is 1.59. The van der Waals surface area contributed by atoms with Gasteiger partial charge < -0.3 is 14.9 Å². The first-order valence-corrected chi connectivity index (χ1v) is 3.25. The zero-order valence-corrected chi connectivity index (χ0v) is 5.29. The summed E-state index contributed by atoms with van der Waals surface area (Å²) in [7, 11) is 0. The third kappa shape index (κ3) is 1.64. The SMILES string of the molecule is OCC[C@@H]1OCC[C@H]1O. The molecular weight excluding hydrogens is 120 g/mol. The van der Waals surface area contributed by atoms with Crippen LogP contribution in [-0.4, -0.2) is 35.6 Å². The number of aliphatic hydroxyl groups excluding tert-OH is 2. The Bertz CT molecular complexity index is 84.4. The largest absolute Gasteiger partial charge is 0.396 e. The lowest BCUT2D eigenvalue weighted by Gasteiger charge is -2.10. The van der Waals surface area contributed by atoms with E-state index in [2.05, 4.69) is 0 Å². The van der Waals surface area contributed by atoms with Crippen LogP contribution in [0.25, 0.3) is 0 Å². The van der Waals surface area contributed by atoms with Crippen molar-refractivity contribution in [1.82, 2.24) is 0 Å². The lowest BCUT2D eigenvalue weighted by Crippen LogP contribution is -2.21. The second-order valence-electron chi connectivity index (χ2n) is 2.28. The minimum absolute atomic E-state index is 0.0989.